The van der Waals surface area contributed by atoms with Crippen LogP contribution >= 0.6 is 11.6 Å². The lowest BCUT2D eigenvalue weighted by Gasteiger charge is -2.11. The van der Waals surface area contributed by atoms with Crippen LogP contribution in [0.25, 0.3) is 0 Å². The number of benzene rings is 1. The normalized spacial score (nSPS) is 10.5. The van der Waals surface area contributed by atoms with E-state index in [1.54, 1.807) is 25.3 Å². The van der Waals surface area contributed by atoms with Gasteiger partial charge in [-0.2, -0.15) is 5.10 Å². The number of hydrogen-bond acceptors (Lipinski definition) is 3. The smallest absolute Gasteiger partial charge is 0.315 e. The van der Waals surface area contributed by atoms with Crippen LogP contribution in [-0.4, -0.2) is 29.5 Å². The molecular formula is C17H23ClN4O2. The monoisotopic (exact) mass is 350 g/mol. The van der Waals surface area contributed by atoms with Crippen LogP contribution in [-0.2, 0) is 20.0 Å². The maximum atomic E-state index is 11.9. The summed E-state index contributed by atoms with van der Waals surface area (Å²) in [7, 11) is 3.51. The van der Waals surface area contributed by atoms with Gasteiger partial charge in [-0.15, -0.1) is 0 Å². The topological polar surface area (TPSA) is 68.2 Å². The summed E-state index contributed by atoms with van der Waals surface area (Å²) >= 11 is 5.98. The molecule has 0 spiro atoms. The number of nitrogens with one attached hydrogen (secondary N) is 2. The van der Waals surface area contributed by atoms with Crippen molar-refractivity contribution in [2.45, 2.75) is 26.8 Å². The molecule has 0 saturated heterocycles. The minimum atomic E-state index is -0.226. The molecule has 24 heavy (non-hydrogen) atoms. The fourth-order valence-electron chi connectivity index (χ4n) is 2.60. The fraction of sp³-hybridized carbons (Fsp3) is 0.412. The quantitative estimate of drug-likeness (QED) is 0.841. The summed E-state index contributed by atoms with van der Waals surface area (Å²) < 4.78 is 7.12. The van der Waals surface area contributed by atoms with Crippen molar-refractivity contribution < 1.29 is 9.53 Å². The van der Waals surface area contributed by atoms with Gasteiger partial charge >= 0.3 is 6.03 Å². The Morgan fingerprint density at radius 1 is 1.33 bits per heavy atom. The number of nitrogens with zero attached hydrogens (tertiary/aromatic N) is 2. The summed E-state index contributed by atoms with van der Waals surface area (Å²) in [6.45, 7) is 4.90. The fourth-order valence-corrected chi connectivity index (χ4v) is 2.80. The number of carbonyl (C=O) groups excluding carboxylic acids is 1. The van der Waals surface area contributed by atoms with Crippen molar-refractivity contribution in [1.29, 1.82) is 0 Å². The number of hydrogen-bond donors (Lipinski definition) is 2. The molecule has 2 N–H and O–H groups in total. The molecular weight excluding hydrogens is 328 g/mol. The van der Waals surface area contributed by atoms with Crippen molar-refractivity contribution >= 4 is 17.6 Å². The van der Waals surface area contributed by atoms with Crippen LogP contribution in [0.4, 0.5) is 4.79 Å². The minimum absolute atomic E-state index is 0.226. The van der Waals surface area contributed by atoms with Crippen molar-refractivity contribution in [3.05, 3.63) is 45.7 Å². The highest BCUT2D eigenvalue weighted by molar-refractivity contribution is 6.30. The van der Waals surface area contributed by atoms with Crippen molar-refractivity contribution in [2.24, 2.45) is 7.05 Å². The van der Waals surface area contributed by atoms with E-state index in [4.69, 9.17) is 16.3 Å². The van der Waals surface area contributed by atoms with E-state index < -0.39 is 0 Å². The zero-order chi connectivity index (χ0) is 17.7. The first-order valence-corrected chi connectivity index (χ1v) is 8.13. The van der Waals surface area contributed by atoms with E-state index >= 15 is 0 Å². The Morgan fingerprint density at radius 2 is 2.08 bits per heavy atom. The molecule has 2 rings (SSSR count). The third-order valence-electron chi connectivity index (χ3n) is 4.00. The highest BCUT2D eigenvalue weighted by Crippen LogP contribution is 2.22. The molecule has 1 aromatic heterocycles. The summed E-state index contributed by atoms with van der Waals surface area (Å²) in [5.41, 5.74) is 4.13. The van der Waals surface area contributed by atoms with Gasteiger partial charge in [-0.1, -0.05) is 11.6 Å². The molecule has 0 saturated carbocycles. The van der Waals surface area contributed by atoms with Crippen molar-refractivity contribution in [3.8, 4) is 5.75 Å². The number of aromatic nitrogens is 2. The molecule has 0 atom stereocenters. The highest BCUT2D eigenvalue weighted by atomic mass is 35.5. The summed E-state index contributed by atoms with van der Waals surface area (Å²) in [5.74, 6) is 0.696. The Balaban J connectivity index is 1.83. The van der Waals surface area contributed by atoms with E-state index in [9.17, 15) is 4.79 Å². The molecule has 6 nitrogen and oxygen atoms in total. The number of ether oxygens (including phenoxy) is 1. The average Bonchev–Trinajstić information content (AvgIpc) is 2.79. The summed E-state index contributed by atoms with van der Waals surface area (Å²) in [4.78, 5) is 11.9. The SMILES string of the molecule is COc1ccc(Cl)cc1CNC(=O)NCCc1c(C)nn(C)c1C. The van der Waals surface area contributed by atoms with Crippen LogP contribution in [0, 0.1) is 13.8 Å². The number of amides is 2. The molecule has 0 bridgehead atoms. The van der Waals surface area contributed by atoms with Crippen molar-refractivity contribution in [1.82, 2.24) is 20.4 Å². The zero-order valence-corrected chi connectivity index (χ0v) is 15.2. The van der Waals surface area contributed by atoms with Crippen LogP contribution in [0.15, 0.2) is 18.2 Å². The van der Waals surface area contributed by atoms with E-state index in [0.717, 1.165) is 23.4 Å². The maximum absolute atomic E-state index is 11.9. The molecule has 2 aromatic rings. The van der Waals surface area contributed by atoms with Crippen molar-refractivity contribution in [2.75, 3.05) is 13.7 Å². The molecule has 0 aliphatic heterocycles. The molecule has 0 aliphatic carbocycles. The zero-order valence-electron chi connectivity index (χ0n) is 14.4. The molecule has 0 unspecified atom stereocenters. The van der Waals surface area contributed by atoms with Crippen LogP contribution in [0.3, 0.4) is 0 Å². The Kier molecular flexibility index (Phi) is 6.09. The van der Waals surface area contributed by atoms with Gasteiger partial charge in [0, 0.05) is 36.4 Å². The lowest BCUT2D eigenvalue weighted by molar-refractivity contribution is 0.240. The lowest BCUT2D eigenvalue weighted by atomic mass is 10.1. The van der Waals surface area contributed by atoms with E-state index in [-0.39, 0.29) is 6.03 Å². The van der Waals surface area contributed by atoms with Gasteiger partial charge in [0.15, 0.2) is 0 Å². The second-order valence-corrected chi connectivity index (χ2v) is 6.03. The van der Waals surface area contributed by atoms with Gasteiger partial charge < -0.3 is 15.4 Å². The molecule has 7 heteroatoms. The van der Waals surface area contributed by atoms with Gasteiger partial charge in [0.25, 0.3) is 0 Å². The predicted molar refractivity (Wildman–Crippen MR) is 94.6 cm³/mol. The van der Waals surface area contributed by atoms with Gasteiger partial charge in [0.2, 0.25) is 0 Å². The molecule has 2 amide bonds. The Bertz CT molecular complexity index is 728. The first-order valence-electron chi connectivity index (χ1n) is 7.75. The molecule has 0 fully saturated rings. The number of carbonyl (C=O) groups is 1. The molecule has 0 radical (unpaired) electrons. The number of urea groups is 1. The van der Waals surface area contributed by atoms with Gasteiger partial charge in [0.1, 0.15) is 5.75 Å². The first kappa shape index (κ1) is 18.1. The largest absolute Gasteiger partial charge is 0.496 e. The summed E-state index contributed by atoms with van der Waals surface area (Å²) in [6, 6.07) is 5.09. The number of rotatable bonds is 6. The minimum Gasteiger partial charge on any atom is -0.496 e. The maximum Gasteiger partial charge on any atom is 0.315 e. The van der Waals surface area contributed by atoms with E-state index in [0.29, 0.717) is 23.9 Å². The molecule has 130 valence electrons. The highest BCUT2D eigenvalue weighted by Gasteiger charge is 2.10. The summed E-state index contributed by atoms with van der Waals surface area (Å²) in [6.07, 6.45) is 0.749. The van der Waals surface area contributed by atoms with Gasteiger partial charge in [-0.25, -0.2) is 4.79 Å². The van der Waals surface area contributed by atoms with Crippen LogP contribution in [0.2, 0.25) is 5.02 Å². The summed E-state index contributed by atoms with van der Waals surface area (Å²) in [5, 5.41) is 10.6. The third-order valence-corrected chi connectivity index (χ3v) is 4.24. The van der Waals surface area contributed by atoms with Crippen molar-refractivity contribution in [3.63, 3.8) is 0 Å². The number of halogens is 1. The van der Waals surface area contributed by atoms with Gasteiger partial charge in [-0.3, -0.25) is 4.68 Å². The Hall–Kier alpha value is -2.21. The van der Waals surface area contributed by atoms with Crippen LogP contribution in [0.1, 0.15) is 22.5 Å². The Morgan fingerprint density at radius 3 is 2.71 bits per heavy atom. The molecule has 1 aromatic carbocycles. The molecule has 0 aliphatic rings. The van der Waals surface area contributed by atoms with Crippen LogP contribution in [0.5, 0.6) is 5.75 Å². The average molecular weight is 351 g/mol. The third kappa shape index (κ3) is 4.41. The van der Waals surface area contributed by atoms with E-state index in [1.807, 2.05) is 25.6 Å². The second-order valence-electron chi connectivity index (χ2n) is 5.59. The van der Waals surface area contributed by atoms with E-state index in [2.05, 4.69) is 15.7 Å². The predicted octanol–water partition coefficient (Wildman–Crippen LogP) is 2.74. The van der Waals surface area contributed by atoms with E-state index in [1.165, 1.54) is 5.56 Å². The molecule has 1 heterocycles. The van der Waals surface area contributed by atoms with Gasteiger partial charge in [-0.05, 0) is 44.0 Å². The van der Waals surface area contributed by atoms with Gasteiger partial charge in [0.05, 0.1) is 12.8 Å². The Labute approximate surface area is 147 Å². The standard InChI is InChI=1S/C17H23ClN4O2/c1-11-15(12(2)22(3)21-11)7-8-19-17(23)20-10-13-9-14(18)5-6-16(13)24-4/h5-6,9H,7-8,10H2,1-4H3,(H2,19,20,23). The number of methoxy groups -OCH3 is 1. The lowest BCUT2D eigenvalue weighted by Crippen LogP contribution is -2.36. The van der Waals surface area contributed by atoms with Crippen LogP contribution < -0.4 is 15.4 Å². The first-order chi connectivity index (χ1) is 11.4. The number of aryl methyl sites for hydroxylation is 2. The second kappa shape index (κ2) is 8.06.